The lowest BCUT2D eigenvalue weighted by Gasteiger charge is -2.17. The van der Waals surface area contributed by atoms with Crippen molar-refractivity contribution in [2.75, 3.05) is 13.1 Å². The molecule has 1 atom stereocenters. The first kappa shape index (κ1) is 12.0. The first-order valence-corrected chi connectivity index (χ1v) is 6.20. The number of amides is 1. The molecule has 1 unspecified atom stereocenters. The molecule has 1 aliphatic heterocycles. The third kappa shape index (κ3) is 2.43. The molecule has 0 saturated carbocycles. The van der Waals surface area contributed by atoms with Gasteiger partial charge in [0.2, 0.25) is 0 Å². The van der Waals surface area contributed by atoms with Crippen molar-refractivity contribution < 1.29 is 9.90 Å². The molecule has 3 heteroatoms. The maximum atomic E-state index is 12.2. The SMILES string of the molecule is CCC1CCN(C(=O)c2cc(C)ccc2O)C1. The lowest BCUT2D eigenvalue weighted by atomic mass is 10.1. The second-order valence-electron chi connectivity index (χ2n) is 4.83. The maximum Gasteiger partial charge on any atom is 0.257 e. The van der Waals surface area contributed by atoms with Crippen LogP contribution in [0.5, 0.6) is 5.75 Å². The fourth-order valence-corrected chi connectivity index (χ4v) is 2.34. The summed E-state index contributed by atoms with van der Waals surface area (Å²) in [4.78, 5) is 14.1. The van der Waals surface area contributed by atoms with Gasteiger partial charge in [0.05, 0.1) is 5.56 Å². The molecule has 1 fully saturated rings. The second kappa shape index (κ2) is 4.78. The van der Waals surface area contributed by atoms with E-state index in [1.165, 1.54) is 0 Å². The van der Waals surface area contributed by atoms with E-state index < -0.39 is 0 Å². The minimum Gasteiger partial charge on any atom is -0.507 e. The Labute approximate surface area is 102 Å². The van der Waals surface area contributed by atoms with Crippen molar-refractivity contribution in [3.63, 3.8) is 0 Å². The normalized spacial score (nSPS) is 19.6. The highest BCUT2D eigenvalue weighted by Gasteiger charge is 2.27. The van der Waals surface area contributed by atoms with Gasteiger partial charge in [-0.1, -0.05) is 25.0 Å². The molecule has 3 nitrogen and oxygen atoms in total. The fourth-order valence-electron chi connectivity index (χ4n) is 2.34. The predicted octanol–water partition coefficient (Wildman–Crippen LogP) is 2.57. The largest absolute Gasteiger partial charge is 0.507 e. The van der Waals surface area contributed by atoms with E-state index in [2.05, 4.69) is 6.92 Å². The Hall–Kier alpha value is -1.51. The summed E-state index contributed by atoms with van der Waals surface area (Å²) in [6, 6.07) is 5.16. The zero-order valence-electron chi connectivity index (χ0n) is 10.4. The molecule has 1 N–H and O–H groups in total. The smallest absolute Gasteiger partial charge is 0.257 e. The monoisotopic (exact) mass is 233 g/mol. The van der Waals surface area contributed by atoms with Crippen molar-refractivity contribution in [2.24, 2.45) is 5.92 Å². The third-order valence-corrected chi connectivity index (χ3v) is 3.53. The van der Waals surface area contributed by atoms with Crippen molar-refractivity contribution in [3.05, 3.63) is 29.3 Å². The van der Waals surface area contributed by atoms with Gasteiger partial charge in [0.25, 0.3) is 5.91 Å². The number of phenolic OH excluding ortho intramolecular Hbond substituents is 1. The van der Waals surface area contributed by atoms with Crippen molar-refractivity contribution >= 4 is 5.91 Å². The zero-order valence-corrected chi connectivity index (χ0v) is 10.4. The van der Waals surface area contributed by atoms with Gasteiger partial charge in [0.15, 0.2) is 0 Å². The topological polar surface area (TPSA) is 40.5 Å². The number of hydrogen-bond acceptors (Lipinski definition) is 2. The van der Waals surface area contributed by atoms with Crippen molar-refractivity contribution in [2.45, 2.75) is 26.7 Å². The van der Waals surface area contributed by atoms with Gasteiger partial charge in [0.1, 0.15) is 5.75 Å². The minimum absolute atomic E-state index is 0.0397. The van der Waals surface area contributed by atoms with E-state index in [1.807, 2.05) is 17.9 Å². The molecule has 1 aliphatic rings. The molecule has 1 aromatic rings. The number of nitrogens with zero attached hydrogens (tertiary/aromatic N) is 1. The van der Waals surface area contributed by atoms with Crippen LogP contribution in [-0.4, -0.2) is 29.0 Å². The van der Waals surface area contributed by atoms with Crippen LogP contribution in [0.25, 0.3) is 0 Å². The molecule has 0 aromatic heterocycles. The average molecular weight is 233 g/mol. The van der Waals surface area contributed by atoms with Crippen molar-refractivity contribution in [1.29, 1.82) is 0 Å². The van der Waals surface area contributed by atoms with Crippen LogP contribution in [0.1, 0.15) is 35.7 Å². The number of likely N-dealkylation sites (tertiary alicyclic amines) is 1. The molecule has 0 bridgehead atoms. The Morgan fingerprint density at radius 2 is 2.29 bits per heavy atom. The molecule has 92 valence electrons. The van der Waals surface area contributed by atoms with E-state index in [0.29, 0.717) is 11.5 Å². The van der Waals surface area contributed by atoms with Crippen LogP contribution in [0.4, 0.5) is 0 Å². The Balaban J connectivity index is 2.17. The van der Waals surface area contributed by atoms with Gasteiger partial charge in [-0.05, 0) is 31.4 Å². The van der Waals surface area contributed by atoms with Gasteiger partial charge in [-0.15, -0.1) is 0 Å². The number of hydrogen-bond donors (Lipinski definition) is 1. The maximum absolute atomic E-state index is 12.2. The highest BCUT2D eigenvalue weighted by atomic mass is 16.3. The summed E-state index contributed by atoms with van der Waals surface area (Å²) in [5.74, 6) is 0.661. The molecule has 1 saturated heterocycles. The first-order valence-electron chi connectivity index (χ1n) is 6.20. The van der Waals surface area contributed by atoms with Crippen molar-refractivity contribution in [1.82, 2.24) is 4.90 Å². The number of phenols is 1. The molecule has 0 spiro atoms. The highest BCUT2D eigenvalue weighted by molar-refractivity contribution is 5.97. The Morgan fingerprint density at radius 1 is 1.53 bits per heavy atom. The second-order valence-corrected chi connectivity index (χ2v) is 4.83. The Morgan fingerprint density at radius 3 is 2.94 bits per heavy atom. The van der Waals surface area contributed by atoms with Gasteiger partial charge >= 0.3 is 0 Å². The number of benzene rings is 1. The first-order chi connectivity index (χ1) is 8.11. The van der Waals surface area contributed by atoms with Crippen LogP contribution in [0.2, 0.25) is 0 Å². The number of rotatable bonds is 2. The number of aryl methyl sites for hydroxylation is 1. The molecular formula is C14H19NO2. The van der Waals surface area contributed by atoms with Gasteiger partial charge in [-0.2, -0.15) is 0 Å². The lowest BCUT2D eigenvalue weighted by molar-refractivity contribution is 0.0784. The Bertz CT molecular complexity index is 428. The third-order valence-electron chi connectivity index (χ3n) is 3.53. The molecule has 0 radical (unpaired) electrons. The number of aromatic hydroxyl groups is 1. The van der Waals surface area contributed by atoms with Crippen LogP contribution in [0, 0.1) is 12.8 Å². The quantitative estimate of drug-likeness (QED) is 0.853. The van der Waals surface area contributed by atoms with Gasteiger partial charge in [0, 0.05) is 13.1 Å². The van der Waals surface area contributed by atoms with E-state index in [-0.39, 0.29) is 11.7 Å². The van der Waals surface area contributed by atoms with Gasteiger partial charge in [-0.3, -0.25) is 4.79 Å². The summed E-state index contributed by atoms with van der Waals surface area (Å²) >= 11 is 0. The van der Waals surface area contributed by atoms with Gasteiger partial charge in [-0.25, -0.2) is 0 Å². The van der Waals surface area contributed by atoms with Crippen LogP contribution >= 0.6 is 0 Å². The lowest BCUT2D eigenvalue weighted by Crippen LogP contribution is -2.28. The summed E-state index contributed by atoms with van der Waals surface area (Å²) in [5, 5.41) is 9.74. The number of carbonyl (C=O) groups is 1. The summed E-state index contributed by atoms with van der Waals surface area (Å²) < 4.78 is 0. The van der Waals surface area contributed by atoms with E-state index in [0.717, 1.165) is 31.5 Å². The predicted molar refractivity (Wildman–Crippen MR) is 67.1 cm³/mol. The van der Waals surface area contributed by atoms with Gasteiger partial charge < -0.3 is 10.0 Å². The number of carbonyl (C=O) groups excluding carboxylic acids is 1. The van der Waals surface area contributed by atoms with Crippen LogP contribution in [-0.2, 0) is 0 Å². The summed E-state index contributed by atoms with van der Waals surface area (Å²) in [5.41, 5.74) is 1.43. The summed E-state index contributed by atoms with van der Waals surface area (Å²) in [6.07, 6.45) is 2.19. The molecule has 17 heavy (non-hydrogen) atoms. The van der Waals surface area contributed by atoms with E-state index >= 15 is 0 Å². The van der Waals surface area contributed by atoms with E-state index in [1.54, 1.807) is 12.1 Å². The Kier molecular flexibility index (Phi) is 3.36. The molecule has 2 rings (SSSR count). The highest BCUT2D eigenvalue weighted by Crippen LogP contribution is 2.25. The molecule has 0 aliphatic carbocycles. The van der Waals surface area contributed by atoms with E-state index in [9.17, 15) is 9.90 Å². The van der Waals surface area contributed by atoms with Crippen molar-refractivity contribution in [3.8, 4) is 5.75 Å². The summed E-state index contributed by atoms with van der Waals surface area (Å²) in [6.45, 7) is 5.71. The average Bonchev–Trinajstić information content (AvgIpc) is 2.80. The fraction of sp³-hybridized carbons (Fsp3) is 0.500. The van der Waals surface area contributed by atoms with Crippen LogP contribution in [0.3, 0.4) is 0 Å². The zero-order chi connectivity index (χ0) is 12.4. The minimum atomic E-state index is -0.0397. The molecule has 1 aromatic carbocycles. The standard InChI is InChI=1S/C14H19NO2/c1-3-11-6-7-15(9-11)14(17)12-8-10(2)4-5-13(12)16/h4-5,8,11,16H,3,6-7,9H2,1-2H3. The summed E-state index contributed by atoms with van der Waals surface area (Å²) in [7, 11) is 0. The van der Waals surface area contributed by atoms with E-state index in [4.69, 9.17) is 0 Å². The van der Waals surface area contributed by atoms with Crippen LogP contribution in [0.15, 0.2) is 18.2 Å². The molecular weight excluding hydrogens is 214 g/mol. The van der Waals surface area contributed by atoms with Crippen LogP contribution < -0.4 is 0 Å². The molecule has 1 heterocycles. The molecule has 1 amide bonds.